The SMILES string of the molecule is CN(CCO)C(=O)c1ccnc(C2CCCC2)n1. The van der Waals surface area contributed by atoms with E-state index in [4.69, 9.17) is 5.11 Å². The second-order valence-electron chi connectivity index (χ2n) is 4.73. The van der Waals surface area contributed by atoms with Crippen LogP contribution < -0.4 is 0 Å². The molecule has 1 amide bonds. The second kappa shape index (κ2) is 5.91. The van der Waals surface area contributed by atoms with Gasteiger partial charge in [-0.05, 0) is 18.9 Å². The van der Waals surface area contributed by atoms with E-state index in [1.165, 1.54) is 17.7 Å². The molecule has 5 nitrogen and oxygen atoms in total. The van der Waals surface area contributed by atoms with Crippen LogP contribution in [0.15, 0.2) is 12.3 Å². The molecular formula is C13H19N3O2. The number of aliphatic hydroxyl groups is 1. The van der Waals surface area contributed by atoms with Crippen LogP contribution in [0.3, 0.4) is 0 Å². The summed E-state index contributed by atoms with van der Waals surface area (Å²) in [4.78, 5) is 22.2. The van der Waals surface area contributed by atoms with E-state index in [2.05, 4.69) is 9.97 Å². The Hall–Kier alpha value is -1.49. The molecule has 0 saturated heterocycles. The molecule has 0 spiro atoms. The fourth-order valence-electron chi connectivity index (χ4n) is 2.32. The van der Waals surface area contributed by atoms with Crippen LogP contribution in [0.4, 0.5) is 0 Å². The van der Waals surface area contributed by atoms with Crippen molar-refractivity contribution >= 4 is 5.91 Å². The van der Waals surface area contributed by atoms with Crippen LogP contribution in [0.2, 0.25) is 0 Å². The van der Waals surface area contributed by atoms with E-state index in [1.54, 1.807) is 19.3 Å². The number of rotatable bonds is 4. The lowest BCUT2D eigenvalue weighted by Gasteiger charge is -2.15. The maximum Gasteiger partial charge on any atom is 0.272 e. The molecule has 1 N–H and O–H groups in total. The molecule has 5 heteroatoms. The van der Waals surface area contributed by atoms with Crippen LogP contribution in [0.25, 0.3) is 0 Å². The van der Waals surface area contributed by atoms with Gasteiger partial charge < -0.3 is 10.0 Å². The smallest absolute Gasteiger partial charge is 0.272 e. The zero-order valence-corrected chi connectivity index (χ0v) is 10.7. The molecular weight excluding hydrogens is 230 g/mol. The summed E-state index contributed by atoms with van der Waals surface area (Å²) in [5.41, 5.74) is 0.419. The third-order valence-corrected chi connectivity index (χ3v) is 3.40. The molecule has 1 aliphatic carbocycles. The highest BCUT2D eigenvalue weighted by Gasteiger charge is 2.21. The first-order valence-electron chi connectivity index (χ1n) is 6.41. The minimum Gasteiger partial charge on any atom is -0.395 e. The fraction of sp³-hybridized carbons (Fsp3) is 0.615. The van der Waals surface area contributed by atoms with Gasteiger partial charge in [0.25, 0.3) is 5.91 Å². The van der Waals surface area contributed by atoms with Gasteiger partial charge in [0.15, 0.2) is 0 Å². The molecule has 0 aromatic carbocycles. The largest absolute Gasteiger partial charge is 0.395 e. The second-order valence-corrected chi connectivity index (χ2v) is 4.73. The minimum absolute atomic E-state index is 0.0389. The van der Waals surface area contributed by atoms with Crippen molar-refractivity contribution in [2.75, 3.05) is 20.2 Å². The zero-order valence-electron chi connectivity index (χ0n) is 10.7. The Morgan fingerprint density at radius 3 is 2.89 bits per heavy atom. The van der Waals surface area contributed by atoms with Crippen LogP contribution in [0, 0.1) is 0 Å². The van der Waals surface area contributed by atoms with Gasteiger partial charge in [0.05, 0.1) is 6.61 Å². The first kappa shape index (κ1) is 13.0. The first-order valence-corrected chi connectivity index (χ1v) is 6.41. The highest BCUT2D eigenvalue weighted by molar-refractivity contribution is 5.92. The zero-order chi connectivity index (χ0) is 13.0. The Kier molecular flexibility index (Phi) is 4.25. The lowest BCUT2D eigenvalue weighted by atomic mass is 10.1. The molecule has 1 aromatic rings. The van der Waals surface area contributed by atoms with Crippen molar-refractivity contribution in [2.45, 2.75) is 31.6 Å². The predicted octanol–water partition coefficient (Wildman–Crippen LogP) is 1.20. The number of carbonyl (C=O) groups is 1. The van der Waals surface area contributed by atoms with Crippen molar-refractivity contribution in [1.82, 2.24) is 14.9 Å². The van der Waals surface area contributed by atoms with Crippen LogP contribution in [0.1, 0.15) is 47.9 Å². The number of aromatic nitrogens is 2. The standard InChI is InChI=1S/C13H19N3O2/c1-16(8-9-17)13(18)11-6-7-14-12(15-11)10-4-2-3-5-10/h6-7,10,17H,2-5,8-9H2,1H3. The maximum atomic E-state index is 12.0. The number of hydrogen-bond acceptors (Lipinski definition) is 4. The van der Waals surface area contributed by atoms with E-state index < -0.39 is 0 Å². The van der Waals surface area contributed by atoms with Gasteiger partial charge in [-0.2, -0.15) is 0 Å². The highest BCUT2D eigenvalue weighted by Crippen LogP contribution is 2.31. The lowest BCUT2D eigenvalue weighted by Crippen LogP contribution is -2.30. The van der Waals surface area contributed by atoms with Crippen LogP contribution in [-0.4, -0.2) is 46.1 Å². The van der Waals surface area contributed by atoms with Gasteiger partial charge in [0, 0.05) is 25.7 Å². The van der Waals surface area contributed by atoms with Crippen molar-refractivity contribution in [3.63, 3.8) is 0 Å². The van der Waals surface area contributed by atoms with Crippen molar-refractivity contribution in [3.05, 3.63) is 23.8 Å². The van der Waals surface area contributed by atoms with E-state index in [0.29, 0.717) is 18.2 Å². The predicted molar refractivity (Wildman–Crippen MR) is 67.3 cm³/mol. The summed E-state index contributed by atoms with van der Waals surface area (Å²) < 4.78 is 0. The van der Waals surface area contributed by atoms with Gasteiger partial charge in [-0.25, -0.2) is 9.97 Å². The number of amides is 1. The summed E-state index contributed by atoms with van der Waals surface area (Å²) in [6.07, 6.45) is 6.32. The molecule has 0 unspecified atom stereocenters. The summed E-state index contributed by atoms with van der Waals surface area (Å²) >= 11 is 0. The fourth-order valence-corrected chi connectivity index (χ4v) is 2.32. The van der Waals surface area contributed by atoms with Crippen LogP contribution in [-0.2, 0) is 0 Å². The third kappa shape index (κ3) is 2.85. The number of aliphatic hydroxyl groups excluding tert-OH is 1. The van der Waals surface area contributed by atoms with Gasteiger partial charge in [0.2, 0.25) is 0 Å². The van der Waals surface area contributed by atoms with Gasteiger partial charge in [-0.15, -0.1) is 0 Å². The Morgan fingerprint density at radius 1 is 1.50 bits per heavy atom. The highest BCUT2D eigenvalue weighted by atomic mass is 16.3. The van der Waals surface area contributed by atoms with E-state index in [1.807, 2.05) is 0 Å². The van der Waals surface area contributed by atoms with Gasteiger partial charge in [-0.3, -0.25) is 4.79 Å². The van der Waals surface area contributed by atoms with Crippen LogP contribution in [0.5, 0.6) is 0 Å². The molecule has 0 atom stereocenters. The quantitative estimate of drug-likeness (QED) is 0.870. The topological polar surface area (TPSA) is 66.3 Å². The summed E-state index contributed by atoms with van der Waals surface area (Å²) in [5, 5.41) is 8.83. The van der Waals surface area contributed by atoms with Crippen molar-refractivity contribution in [2.24, 2.45) is 0 Å². The average molecular weight is 249 g/mol. The maximum absolute atomic E-state index is 12.0. The molecule has 0 radical (unpaired) electrons. The Labute approximate surface area is 107 Å². The van der Waals surface area contributed by atoms with Gasteiger partial charge >= 0.3 is 0 Å². The van der Waals surface area contributed by atoms with E-state index >= 15 is 0 Å². The molecule has 2 rings (SSSR count). The van der Waals surface area contributed by atoms with Crippen molar-refractivity contribution < 1.29 is 9.90 Å². The number of carbonyl (C=O) groups excluding carboxylic acids is 1. The molecule has 1 saturated carbocycles. The Bertz CT molecular complexity index is 416. The third-order valence-electron chi connectivity index (χ3n) is 3.40. The average Bonchev–Trinajstić information content (AvgIpc) is 2.92. The number of likely N-dealkylation sites (N-methyl/N-ethyl adjacent to an activating group) is 1. The van der Waals surface area contributed by atoms with Crippen LogP contribution >= 0.6 is 0 Å². The molecule has 18 heavy (non-hydrogen) atoms. The molecule has 0 aliphatic heterocycles. The first-order chi connectivity index (χ1) is 8.72. The molecule has 0 bridgehead atoms. The van der Waals surface area contributed by atoms with E-state index in [0.717, 1.165) is 18.7 Å². The van der Waals surface area contributed by atoms with Crippen molar-refractivity contribution in [3.8, 4) is 0 Å². The monoisotopic (exact) mass is 249 g/mol. The molecule has 98 valence electrons. The van der Waals surface area contributed by atoms with Crippen molar-refractivity contribution in [1.29, 1.82) is 0 Å². The normalized spacial score (nSPS) is 15.9. The van der Waals surface area contributed by atoms with E-state index in [9.17, 15) is 4.79 Å². The lowest BCUT2D eigenvalue weighted by molar-refractivity contribution is 0.0760. The number of hydrogen-bond donors (Lipinski definition) is 1. The van der Waals surface area contributed by atoms with E-state index in [-0.39, 0.29) is 12.5 Å². The molecule has 1 aliphatic rings. The minimum atomic E-state index is -0.161. The Morgan fingerprint density at radius 2 is 2.22 bits per heavy atom. The molecule has 1 fully saturated rings. The summed E-state index contributed by atoms with van der Waals surface area (Å²) in [6, 6.07) is 1.63. The Balaban J connectivity index is 2.13. The van der Waals surface area contributed by atoms with Gasteiger partial charge in [0.1, 0.15) is 11.5 Å². The summed E-state index contributed by atoms with van der Waals surface area (Å²) in [5.74, 6) is 1.03. The molecule has 1 heterocycles. The summed E-state index contributed by atoms with van der Waals surface area (Å²) in [7, 11) is 1.66. The summed E-state index contributed by atoms with van der Waals surface area (Å²) in [6.45, 7) is 0.282. The van der Waals surface area contributed by atoms with Gasteiger partial charge in [-0.1, -0.05) is 12.8 Å². The number of nitrogens with zero attached hydrogens (tertiary/aromatic N) is 3. The molecule has 1 aromatic heterocycles.